The maximum Gasteiger partial charge on any atom is 0.248 e. The summed E-state index contributed by atoms with van der Waals surface area (Å²) in [6, 6.07) is 3.25. The van der Waals surface area contributed by atoms with Gasteiger partial charge in [0.25, 0.3) is 0 Å². The summed E-state index contributed by atoms with van der Waals surface area (Å²) in [7, 11) is 0. The minimum Gasteiger partial charge on any atom is -0.487 e. The number of ether oxygens (including phenoxy) is 1. The van der Waals surface area contributed by atoms with E-state index in [2.05, 4.69) is 31.1 Å². The van der Waals surface area contributed by atoms with Gasteiger partial charge in [-0.05, 0) is 6.07 Å². The Morgan fingerprint density at radius 1 is 1.38 bits per heavy atom. The number of aromatic amines is 1. The highest BCUT2D eigenvalue weighted by Gasteiger charge is 2.28. The Morgan fingerprint density at radius 2 is 2.12 bits per heavy atom. The molecule has 1 aromatic rings. The van der Waals surface area contributed by atoms with Crippen molar-refractivity contribution in [1.82, 2.24) is 10.3 Å². The third-order valence-corrected chi connectivity index (χ3v) is 2.82. The normalized spacial score (nSPS) is 20.8. The van der Waals surface area contributed by atoms with E-state index in [1.165, 1.54) is 6.07 Å². The summed E-state index contributed by atoms with van der Waals surface area (Å²) in [6.45, 7) is 7.89. The predicted octanol–water partition coefficient (Wildman–Crippen LogP) is 1.27. The molecule has 88 valence electrons. The van der Waals surface area contributed by atoms with Crippen LogP contribution in [0.15, 0.2) is 16.9 Å². The number of rotatable bonds is 0. The highest BCUT2D eigenvalue weighted by Crippen LogP contribution is 2.27. The first kappa shape index (κ1) is 11.2. The van der Waals surface area contributed by atoms with E-state index in [0.29, 0.717) is 6.54 Å². The summed E-state index contributed by atoms with van der Waals surface area (Å²) < 4.78 is 5.94. The first-order chi connectivity index (χ1) is 7.47. The van der Waals surface area contributed by atoms with Gasteiger partial charge in [0.05, 0.1) is 5.69 Å². The topological polar surface area (TPSA) is 54.1 Å². The van der Waals surface area contributed by atoms with Gasteiger partial charge in [0, 0.05) is 24.6 Å². The lowest BCUT2D eigenvalue weighted by atomic mass is 9.89. The molecule has 1 aromatic heterocycles. The van der Waals surface area contributed by atoms with Gasteiger partial charge in [-0.25, -0.2) is 0 Å². The molecule has 4 nitrogen and oxygen atoms in total. The maximum atomic E-state index is 11.2. The van der Waals surface area contributed by atoms with E-state index in [4.69, 9.17) is 4.74 Å². The first-order valence-corrected chi connectivity index (χ1v) is 5.56. The Bertz CT molecular complexity index is 431. The minimum absolute atomic E-state index is 0.0742. The lowest BCUT2D eigenvalue weighted by molar-refractivity contribution is 0.0910. The van der Waals surface area contributed by atoms with E-state index in [9.17, 15) is 4.79 Å². The molecule has 0 fully saturated rings. The van der Waals surface area contributed by atoms with Crippen molar-refractivity contribution in [2.45, 2.75) is 33.4 Å². The second-order valence-corrected chi connectivity index (χ2v) is 5.27. The summed E-state index contributed by atoms with van der Waals surface area (Å²) in [5.41, 5.74) is 0.822. The monoisotopic (exact) mass is 222 g/mol. The molecular weight excluding hydrogens is 204 g/mol. The molecule has 1 aliphatic heterocycles. The van der Waals surface area contributed by atoms with E-state index in [0.717, 1.165) is 18.0 Å². The molecule has 16 heavy (non-hydrogen) atoms. The minimum atomic E-state index is -0.0849. The summed E-state index contributed by atoms with van der Waals surface area (Å²) >= 11 is 0. The SMILES string of the molecule is CC(C)(C)[C@@H]1CNCc2[nH]c(=O)ccc2O1. The molecule has 1 atom stereocenters. The second-order valence-electron chi connectivity index (χ2n) is 5.27. The number of fused-ring (bicyclic) bond motifs is 1. The average Bonchev–Trinajstić information content (AvgIpc) is 2.38. The fraction of sp³-hybridized carbons (Fsp3) is 0.583. The second kappa shape index (κ2) is 3.94. The highest BCUT2D eigenvalue weighted by molar-refractivity contribution is 5.28. The van der Waals surface area contributed by atoms with Gasteiger partial charge in [-0.15, -0.1) is 0 Å². The molecule has 2 rings (SSSR count). The molecule has 4 heteroatoms. The predicted molar refractivity (Wildman–Crippen MR) is 62.6 cm³/mol. The zero-order chi connectivity index (χ0) is 11.8. The van der Waals surface area contributed by atoms with Gasteiger partial charge in [0.1, 0.15) is 11.9 Å². The molecule has 0 unspecified atom stereocenters. The molecule has 0 spiro atoms. The van der Waals surface area contributed by atoms with E-state index in [1.807, 2.05) is 0 Å². The van der Waals surface area contributed by atoms with Crippen molar-refractivity contribution in [3.8, 4) is 5.75 Å². The number of H-pyrrole nitrogens is 1. The molecule has 2 heterocycles. The van der Waals surface area contributed by atoms with Crippen LogP contribution in [0, 0.1) is 5.41 Å². The Balaban J connectivity index is 2.31. The number of aromatic nitrogens is 1. The Kier molecular flexibility index (Phi) is 2.76. The van der Waals surface area contributed by atoms with Crippen LogP contribution in [0.1, 0.15) is 26.5 Å². The Labute approximate surface area is 95.0 Å². The largest absolute Gasteiger partial charge is 0.487 e. The van der Waals surface area contributed by atoms with Crippen LogP contribution in [0.3, 0.4) is 0 Å². The molecule has 2 N–H and O–H groups in total. The number of nitrogens with one attached hydrogen (secondary N) is 2. The summed E-state index contributed by atoms with van der Waals surface area (Å²) in [6.07, 6.45) is 0.111. The molecule has 0 radical (unpaired) electrons. The smallest absolute Gasteiger partial charge is 0.248 e. The highest BCUT2D eigenvalue weighted by atomic mass is 16.5. The summed E-state index contributed by atoms with van der Waals surface area (Å²) in [5, 5.41) is 3.29. The van der Waals surface area contributed by atoms with E-state index in [1.54, 1.807) is 6.07 Å². The van der Waals surface area contributed by atoms with Gasteiger partial charge in [0.2, 0.25) is 5.56 Å². The van der Waals surface area contributed by atoms with Crippen LogP contribution in [0.25, 0.3) is 0 Å². The molecule has 0 aromatic carbocycles. The fourth-order valence-electron chi connectivity index (χ4n) is 1.75. The van der Waals surface area contributed by atoms with E-state index >= 15 is 0 Å². The van der Waals surface area contributed by atoms with Crippen LogP contribution in [-0.2, 0) is 6.54 Å². The van der Waals surface area contributed by atoms with Crippen LogP contribution >= 0.6 is 0 Å². The Hall–Kier alpha value is -1.29. The van der Waals surface area contributed by atoms with Gasteiger partial charge in [-0.1, -0.05) is 20.8 Å². The van der Waals surface area contributed by atoms with Gasteiger partial charge in [-0.2, -0.15) is 0 Å². The van der Waals surface area contributed by atoms with Gasteiger partial charge in [0.15, 0.2) is 0 Å². The number of pyridine rings is 1. The molecule has 0 bridgehead atoms. The number of hydrogen-bond donors (Lipinski definition) is 2. The Morgan fingerprint density at radius 3 is 2.81 bits per heavy atom. The zero-order valence-electron chi connectivity index (χ0n) is 9.96. The molecule has 0 aliphatic carbocycles. The maximum absolute atomic E-state index is 11.2. The van der Waals surface area contributed by atoms with Crippen molar-refractivity contribution in [1.29, 1.82) is 0 Å². The standard InChI is InChI=1S/C12H18N2O2/c1-12(2,3)10-7-13-6-8-9(16-10)4-5-11(15)14-8/h4-5,10,13H,6-7H2,1-3H3,(H,14,15)/t10-/m0/s1. The van der Waals surface area contributed by atoms with Crippen molar-refractivity contribution in [2.24, 2.45) is 5.41 Å². The van der Waals surface area contributed by atoms with E-state index in [-0.39, 0.29) is 17.1 Å². The zero-order valence-corrected chi connectivity index (χ0v) is 9.96. The molecule has 0 saturated heterocycles. The van der Waals surface area contributed by atoms with Crippen LogP contribution in [0.5, 0.6) is 5.75 Å². The first-order valence-electron chi connectivity index (χ1n) is 5.56. The fourth-order valence-corrected chi connectivity index (χ4v) is 1.75. The summed E-state index contributed by atoms with van der Waals surface area (Å²) in [5.74, 6) is 0.782. The summed E-state index contributed by atoms with van der Waals surface area (Å²) in [4.78, 5) is 14.0. The van der Waals surface area contributed by atoms with Crippen LogP contribution in [0.4, 0.5) is 0 Å². The van der Waals surface area contributed by atoms with Crippen molar-refractivity contribution >= 4 is 0 Å². The van der Waals surface area contributed by atoms with Gasteiger partial charge >= 0.3 is 0 Å². The lowest BCUT2D eigenvalue weighted by Gasteiger charge is -2.29. The quantitative estimate of drug-likeness (QED) is 0.695. The van der Waals surface area contributed by atoms with Crippen molar-refractivity contribution < 1.29 is 4.74 Å². The lowest BCUT2D eigenvalue weighted by Crippen LogP contribution is -2.39. The van der Waals surface area contributed by atoms with Crippen molar-refractivity contribution in [3.05, 3.63) is 28.2 Å². The molecule has 0 amide bonds. The van der Waals surface area contributed by atoms with Crippen LogP contribution in [-0.4, -0.2) is 17.6 Å². The third-order valence-electron chi connectivity index (χ3n) is 2.82. The van der Waals surface area contributed by atoms with Gasteiger partial charge < -0.3 is 15.0 Å². The third kappa shape index (κ3) is 2.27. The average molecular weight is 222 g/mol. The molecular formula is C12H18N2O2. The van der Waals surface area contributed by atoms with Crippen LogP contribution in [0.2, 0.25) is 0 Å². The number of hydrogen-bond acceptors (Lipinski definition) is 3. The molecule has 1 aliphatic rings. The molecule has 0 saturated carbocycles. The van der Waals surface area contributed by atoms with E-state index < -0.39 is 0 Å². The van der Waals surface area contributed by atoms with Crippen molar-refractivity contribution in [2.75, 3.05) is 6.54 Å². The van der Waals surface area contributed by atoms with Gasteiger partial charge in [-0.3, -0.25) is 4.79 Å². The van der Waals surface area contributed by atoms with Crippen molar-refractivity contribution in [3.63, 3.8) is 0 Å². The van der Waals surface area contributed by atoms with Crippen LogP contribution < -0.4 is 15.6 Å².